The topological polar surface area (TPSA) is 101 Å². The van der Waals surface area contributed by atoms with Crippen LogP contribution in [0.1, 0.15) is 124 Å². The zero-order valence-corrected chi connectivity index (χ0v) is 27.5. The van der Waals surface area contributed by atoms with Gasteiger partial charge in [-0.05, 0) is 55.3 Å². The molecule has 2 N–H and O–H groups in total. The molecule has 4 aromatic rings. The van der Waals surface area contributed by atoms with Crippen molar-refractivity contribution >= 4 is 34.8 Å². The lowest BCUT2D eigenvalue weighted by Crippen LogP contribution is -2.13. The number of H-pyrrole nitrogens is 1. The lowest BCUT2D eigenvalue weighted by molar-refractivity contribution is 0.0497. The van der Waals surface area contributed by atoms with E-state index in [2.05, 4.69) is 48.2 Å². The molecule has 236 valence electrons. The molecule has 0 fully saturated rings. The van der Waals surface area contributed by atoms with Crippen molar-refractivity contribution in [1.29, 1.82) is 0 Å². The number of unbranched alkanes of at least 4 members (excludes halogenated alkanes) is 9. The number of esters is 1. The highest BCUT2D eigenvalue weighted by atomic mass is 35.5. The molecule has 0 radical (unpaired) electrons. The number of hydrogen-bond acceptors (Lipinski definition) is 5. The van der Waals surface area contributed by atoms with E-state index in [0.29, 0.717) is 39.9 Å². The Hall–Kier alpha value is -3.65. The van der Waals surface area contributed by atoms with Gasteiger partial charge in [0, 0.05) is 22.2 Å². The monoisotopic (exact) mass is 619 g/mol. The van der Waals surface area contributed by atoms with Crippen molar-refractivity contribution in [3.63, 3.8) is 0 Å². The molecule has 0 saturated carbocycles. The zero-order chi connectivity index (χ0) is 31.7. The third kappa shape index (κ3) is 8.72. The normalized spacial score (nSPS) is 11.7. The summed E-state index contributed by atoms with van der Waals surface area (Å²) in [5.41, 5.74) is 4.47. The van der Waals surface area contributed by atoms with E-state index in [9.17, 15) is 9.59 Å². The molecule has 0 bridgehead atoms. The number of carbonyl (C=O) groups excluding carboxylic acids is 2. The van der Waals surface area contributed by atoms with Crippen LogP contribution in [0.4, 0.5) is 5.69 Å². The Morgan fingerprint density at radius 3 is 2.14 bits per heavy atom. The third-order valence-corrected chi connectivity index (χ3v) is 8.20. The Bertz CT molecular complexity index is 1550. The number of amides is 1. The Labute approximate surface area is 265 Å². The summed E-state index contributed by atoms with van der Waals surface area (Å²) in [6.07, 6.45) is 12.3. The van der Waals surface area contributed by atoms with E-state index in [1.807, 2.05) is 25.1 Å². The van der Waals surface area contributed by atoms with E-state index in [-0.39, 0.29) is 17.3 Å². The molecule has 4 rings (SSSR count). The number of aromatic amines is 1. The van der Waals surface area contributed by atoms with Gasteiger partial charge < -0.3 is 10.1 Å². The van der Waals surface area contributed by atoms with Gasteiger partial charge in [0.05, 0.1) is 17.9 Å². The molecule has 0 aliphatic heterocycles. The standard InChI is InChI=1S/C35H46ClN5O3/c1-6-7-8-9-10-11-12-13-14-15-22-44-34(43)26-19-17-25(18-20-26)33(42)37-27-21-16-24(2)28(23-27)31-38-32-29(36)30(35(3,4)5)39-41(32)40-31/h16-21,23,39H,6-15,22H2,1-5H3,(H,37,42). The minimum absolute atomic E-state index is 0.176. The van der Waals surface area contributed by atoms with Gasteiger partial charge >= 0.3 is 5.97 Å². The van der Waals surface area contributed by atoms with Crippen molar-refractivity contribution in [2.45, 2.75) is 104 Å². The SMILES string of the molecule is CCCCCCCCCCCCOC(=O)c1ccc(C(=O)Nc2ccc(C)c(-c3nc4c(Cl)c(C(C)(C)C)[nH]n4n3)c2)cc1. The van der Waals surface area contributed by atoms with Crippen molar-refractivity contribution in [2.75, 3.05) is 11.9 Å². The first-order valence-corrected chi connectivity index (χ1v) is 16.3. The number of ether oxygens (including phenoxy) is 1. The zero-order valence-electron chi connectivity index (χ0n) is 26.8. The largest absolute Gasteiger partial charge is 0.462 e. The van der Waals surface area contributed by atoms with Crippen molar-refractivity contribution < 1.29 is 14.3 Å². The number of nitrogens with zero attached hydrogens (tertiary/aromatic N) is 3. The van der Waals surface area contributed by atoms with Crippen LogP contribution < -0.4 is 5.32 Å². The highest BCUT2D eigenvalue weighted by Crippen LogP contribution is 2.33. The molecule has 44 heavy (non-hydrogen) atoms. The maximum atomic E-state index is 13.0. The van der Waals surface area contributed by atoms with Crippen LogP contribution in [0.5, 0.6) is 0 Å². The molecule has 2 aromatic carbocycles. The van der Waals surface area contributed by atoms with Gasteiger partial charge in [0.15, 0.2) is 11.5 Å². The first-order valence-electron chi connectivity index (χ1n) is 15.9. The number of anilines is 1. The fraction of sp³-hybridized carbons (Fsp3) is 0.486. The van der Waals surface area contributed by atoms with Crippen LogP contribution in [0.25, 0.3) is 17.0 Å². The summed E-state index contributed by atoms with van der Waals surface area (Å²) in [5.74, 6) is -0.143. The predicted molar refractivity (Wildman–Crippen MR) is 178 cm³/mol. The molecule has 0 unspecified atom stereocenters. The van der Waals surface area contributed by atoms with Crippen LogP contribution in [0.2, 0.25) is 5.02 Å². The second-order valence-corrected chi connectivity index (χ2v) is 13.0. The summed E-state index contributed by atoms with van der Waals surface area (Å²) in [5, 5.41) is 11.3. The number of fused-ring (bicyclic) bond motifs is 1. The first-order chi connectivity index (χ1) is 21.1. The second-order valence-electron chi connectivity index (χ2n) is 12.6. The van der Waals surface area contributed by atoms with E-state index < -0.39 is 0 Å². The van der Waals surface area contributed by atoms with Crippen LogP contribution in [0.3, 0.4) is 0 Å². The summed E-state index contributed by atoms with van der Waals surface area (Å²) < 4.78 is 7.04. The Kier molecular flexibility index (Phi) is 11.6. The molecule has 0 atom stereocenters. The van der Waals surface area contributed by atoms with Crippen LogP contribution in [-0.4, -0.2) is 38.3 Å². The van der Waals surface area contributed by atoms with Crippen LogP contribution in [-0.2, 0) is 10.2 Å². The Balaban J connectivity index is 1.27. The smallest absolute Gasteiger partial charge is 0.338 e. The maximum Gasteiger partial charge on any atom is 0.338 e. The van der Waals surface area contributed by atoms with Crippen LogP contribution in [0.15, 0.2) is 42.5 Å². The lowest BCUT2D eigenvalue weighted by Gasteiger charge is -2.16. The molecule has 0 aliphatic rings. The lowest BCUT2D eigenvalue weighted by atomic mass is 9.92. The quantitative estimate of drug-likeness (QED) is 0.102. The van der Waals surface area contributed by atoms with Gasteiger partial charge in [0.25, 0.3) is 5.91 Å². The number of rotatable bonds is 15. The minimum Gasteiger partial charge on any atom is -0.462 e. The summed E-state index contributed by atoms with van der Waals surface area (Å²) in [7, 11) is 0. The van der Waals surface area contributed by atoms with E-state index in [1.165, 1.54) is 51.4 Å². The third-order valence-electron chi connectivity index (χ3n) is 7.84. The van der Waals surface area contributed by atoms with Crippen LogP contribution >= 0.6 is 11.6 Å². The van der Waals surface area contributed by atoms with Gasteiger partial charge in [-0.25, -0.2) is 9.78 Å². The van der Waals surface area contributed by atoms with E-state index in [1.54, 1.807) is 28.9 Å². The van der Waals surface area contributed by atoms with E-state index in [0.717, 1.165) is 29.7 Å². The summed E-state index contributed by atoms with van der Waals surface area (Å²) in [4.78, 5) is 30.1. The van der Waals surface area contributed by atoms with Gasteiger partial charge in [-0.15, -0.1) is 5.10 Å². The van der Waals surface area contributed by atoms with Gasteiger partial charge in [-0.2, -0.15) is 4.63 Å². The second kappa shape index (κ2) is 15.4. The predicted octanol–water partition coefficient (Wildman–Crippen LogP) is 9.31. The highest BCUT2D eigenvalue weighted by molar-refractivity contribution is 6.34. The average Bonchev–Trinajstić information content (AvgIpc) is 3.56. The van der Waals surface area contributed by atoms with Gasteiger partial charge in [0.2, 0.25) is 0 Å². The van der Waals surface area contributed by atoms with E-state index in [4.69, 9.17) is 16.3 Å². The molecule has 0 aliphatic carbocycles. The number of carbonyl (C=O) groups is 2. The van der Waals surface area contributed by atoms with Gasteiger partial charge in [0.1, 0.15) is 5.02 Å². The fourth-order valence-electron chi connectivity index (χ4n) is 5.15. The summed E-state index contributed by atoms with van der Waals surface area (Å²) >= 11 is 6.61. The van der Waals surface area contributed by atoms with E-state index >= 15 is 0 Å². The van der Waals surface area contributed by atoms with Gasteiger partial charge in [-0.3, -0.25) is 9.89 Å². The fourth-order valence-corrected chi connectivity index (χ4v) is 5.60. The van der Waals surface area contributed by atoms with Crippen molar-refractivity contribution in [2.24, 2.45) is 0 Å². The molecular weight excluding hydrogens is 574 g/mol. The molecule has 8 nitrogen and oxygen atoms in total. The number of aryl methyl sites for hydroxylation is 1. The number of benzene rings is 2. The van der Waals surface area contributed by atoms with Crippen LogP contribution in [0, 0.1) is 6.92 Å². The van der Waals surface area contributed by atoms with Crippen molar-refractivity contribution in [3.8, 4) is 11.4 Å². The molecule has 1 amide bonds. The number of nitrogens with one attached hydrogen (secondary N) is 2. The summed E-state index contributed by atoms with van der Waals surface area (Å²) in [6, 6.07) is 12.1. The molecule has 2 heterocycles. The Morgan fingerprint density at radius 2 is 1.52 bits per heavy atom. The minimum atomic E-state index is -0.366. The first kappa shape index (κ1) is 33.2. The molecule has 2 aromatic heterocycles. The number of aromatic nitrogens is 4. The molecular formula is C35H46ClN5O3. The molecule has 0 saturated heterocycles. The van der Waals surface area contributed by atoms with Crippen molar-refractivity contribution in [1.82, 2.24) is 19.8 Å². The van der Waals surface area contributed by atoms with Gasteiger partial charge in [-0.1, -0.05) is 103 Å². The number of hydrogen-bond donors (Lipinski definition) is 2. The summed E-state index contributed by atoms with van der Waals surface area (Å²) in [6.45, 7) is 10.8. The molecule has 0 spiro atoms. The maximum absolute atomic E-state index is 13.0. The molecule has 9 heteroatoms. The highest BCUT2D eigenvalue weighted by Gasteiger charge is 2.24. The Morgan fingerprint density at radius 1 is 0.909 bits per heavy atom. The number of halogens is 1. The van der Waals surface area contributed by atoms with Crippen molar-refractivity contribution in [3.05, 3.63) is 69.9 Å². The average molecular weight is 620 g/mol.